The molecular formula is C13H21N3O4. The molecule has 3 N–H and O–H groups in total. The lowest BCUT2D eigenvalue weighted by molar-refractivity contribution is -0.154. The SMILES string of the molecule is CC1(C)CC(=O)N(CC2CCC(C(=O)NN)O2)C(=O)C1. The molecule has 112 valence electrons. The second-order valence-corrected chi connectivity index (χ2v) is 6.25. The molecular weight excluding hydrogens is 262 g/mol. The Labute approximate surface area is 117 Å². The van der Waals surface area contributed by atoms with Gasteiger partial charge in [-0.25, -0.2) is 5.84 Å². The fourth-order valence-corrected chi connectivity index (χ4v) is 2.74. The van der Waals surface area contributed by atoms with E-state index in [1.807, 2.05) is 19.3 Å². The van der Waals surface area contributed by atoms with Gasteiger partial charge >= 0.3 is 0 Å². The van der Waals surface area contributed by atoms with Crippen molar-refractivity contribution >= 4 is 17.7 Å². The molecule has 2 rings (SSSR count). The lowest BCUT2D eigenvalue weighted by Crippen LogP contribution is -2.49. The highest BCUT2D eigenvalue weighted by Gasteiger charge is 2.40. The number of amides is 3. The van der Waals surface area contributed by atoms with Crippen LogP contribution in [0.5, 0.6) is 0 Å². The maximum atomic E-state index is 12.0. The summed E-state index contributed by atoms with van der Waals surface area (Å²) < 4.78 is 5.53. The number of hydrogen-bond donors (Lipinski definition) is 2. The molecule has 2 unspecified atom stereocenters. The molecule has 2 atom stereocenters. The summed E-state index contributed by atoms with van der Waals surface area (Å²) in [5, 5.41) is 0. The van der Waals surface area contributed by atoms with Gasteiger partial charge in [-0.2, -0.15) is 0 Å². The van der Waals surface area contributed by atoms with Crippen LogP contribution in [0.3, 0.4) is 0 Å². The predicted molar refractivity (Wildman–Crippen MR) is 70.0 cm³/mol. The van der Waals surface area contributed by atoms with E-state index in [1.165, 1.54) is 4.90 Å². The number of piperidine rings is 1. The van der Waals surface area contributed by atoms with E-state index in [0.717, 1.165) is 0 Å². The molecule has 2 saturated heterocycles. The van der Waals surface area contributed by atoms with Crippen molar-refractivity contribution in [1.29, 1.82) is 0 Å². The van der Waals surface area contributed by atoms with Crippen molar-refractivity contribution in [3.05, 3.63) is 0 Å². The van der Waals surface area contributed by atoms with Gasteiger partial charge in [-0.15, -0.1) is 0 Å². The van der Waals surface area contributed by atoms with Crippen LogP contribution in [-0.2, 0) is 19.1 Å². The topological polar surface area (TPSA) is 102 Å². The van der Waals surface area contributed by atoms with Crippen LogP contribution in [-0.4, -0.2) is 41.4 Å². The van der Waals surface area contributed by atoms with Crippen molar-refractivity contribution in [2.24, 2.45) is 11.3 Å². The largest absolute Gasteiger partial charge is 0.363 e. The van der Waals surface area contributed by atoms with E-state index >= 15 is 0 Å². The molecule has 2 fully saturated rings. The number of nitrogens with one attached hydrogen (secondary N) is 1. The summed E-state index contributed by atoms with van der Waals surface area (Å²) in [5.41, 5.74) is 1.77. The summed E-state index contributed by atoms with van der Waals surface area (Å²) in [7, 11) is 0. The Balaban J connectivity index is 1.93. The van der Waals surface area contributed by atoms with Crippen molar-refractivity contribution in [1.82, 2.24) is 10.3 Å². The van der Waals surface area contributed by atoms with Gasteiger partial charge in [0.25, 0.3) is 5.91 Å². The molecule has 0 radical (unpaired) electrons. The molecule has 3 amide bonds. The third-order valence-electron chi connectivity index (χ3n) is 3.79. The maximum Gasteiger partial charge on any atom is 0.263 e. The van der Waals surface area contributed by atoms with Crippen LogP contribution < -0.4 is 11.3 Å². The lowest BCUT2D eigenvalue weighted by atomic mass is 9.81. The second-order valence-electron chi connectivity index (χ2n) is 6.25. The molecule has 2 heterocycles. The fraction of sp³-hybridized carbons (Fsp3) is 0.769. The molecule has 2 aliphatic rings. The number of carbonyl (C=O) groups is 3. The number of nitrogens with two attached hydrogens (primary N) is 1. The van der Waals surface area contributed by atoms with Crippen LogP contribution in [0, 0.1) is 5.41 Å². The summed E-state index contributed by atoms with van der Waals surface area (Å²) in [5.74, 6) is 4.36. The molecule has 0 aliphatic carbocycles. The molecule has 20 heavy (non-hydrogen) atoms. The zero-order valence-corrected chi connectivity index (χ0v) is 11.8. The van der Waals surface area contributed by atoms with Crippen molar-refractivity contribution in [3.63, 3.8) is 0 Å². The molecule has 0 saturated carbocycles. The maximum absolute atomic E-state index is 12.0. The average molecular weight is 283 g/mol. The monoisotopic (exact) mass is 283 g/mol. The number of hydrazine groups is 1. The van der Waals surface area contributed by atoms with E-state index in [1.54, 1.807) is 0 Å². The molecule has 7 heteroatoms. The average Bonchev–Trinajstić information content (AvgIpc) is 2.80. The fourth-order valence-electron chi connectivity index (χ4n) is 2.74. The van der Waals surface area contributed by atoms with Gasteiger partial charge in [0.15, 0.2) is 0 Å². The van der Waals surface area contributed by atoms with Gasteiger partial charge in [-0.1, -0.05) is 13.8 Å². The van der Waals surface area contributed by atoms with Crippen molar-refractivity contribution in [2.75, 3.05) is 6.54 Å². The molecule has 0 spiro atoms. The van der Waals surface area contributed by atoms with Gasteiger partial charge in [0.2, 0.25) is 11.8 Å². The van der Waals surface area contributed by atoms with E-state index < -0.39 is 6.10 Å². The first-order valence-corrected chi connectivity index (χ1v) is 6.81. The van der Waals surface area contributed by atoms with Gasteiger partial charge in [-0.3, -0.25) is 24.7 Å². The summed E-state index contributed by atoms with van der Waals surface area (Å²) in [4.78, 5) is 36.7. The number of nitrogens with zero attached hydrogens (tertiary/aromatic N) is 1. The van der Waals surface area contributed by atoms with Crippen molar-refractivity contribution in [3.8, 4) is 0 Å². The van der Waals surface area contributed by atoms with Crippen LogP contribution in [0.1, 0.15) is 39.5 Å². The van der Waals surface area contributed by atoms with Crippen LogP contribution in [0.25, 0.3) is 0 Å². The number of ether oxygens (including phenoxy) is 1. The normalized spacial score (nSPS) is 29.6. The van der Waals surface area contributed by atoms with Crippen molar-refractivity contribution < 1.29 is 19.1 Å². The Kier molecular flexibility index (Phi) is 4.10. The second kappa shape index (κ2) is 5.49. The minimum absolute atomic E-state index is 0.165. The zero-order chi connectivity index (χ0) is 14.9. The minimum atomic E-state index is -0.587. The van der Waals surface area contributed by atoms with Crippen LogP contribution >= 0.6 is 0 Å². The number of carbonyl (C=O) groups excluding carboxylic acids is 3. The molecule has 0 aromatic heterocycles. The van der Waals surface area contributed by atoms with E-state index in [2.05, 4.69) is 0 Å². The van der Waals surface area contributed by atoms with Crippen molar-refractivity contribution in [2.45, 2.75) is 51.7 Å². The highest BCUT2D eigenvalue weighted by atomic mass is 16.5. The van der Waals surface area contributed by atoms with Crippen LogP contribution in [0.4, 0.5) is 0 Å². The quantitative estimate of drug-likeness (QED) is 0.320. The summed E-state index contributed by atoms with van der Waals surface area (Å²) in [6.45, 7) is 4.05. The Morgan fingerprint density at radius 2 is 1.95 bits per heavy atom. The lowest BCUT2D eigenvalue weighted by Gasteiger charge is -2.35. The Morgan fingerprint density at radius 1 is 1.35 bits per heavy atom. The third-order valence-corrected chi connectivity index (χ3v) is 3.79. The van der Waals surface area contributed by atoms with Gasteiger partial charge in [0, 0.05) is 12.8 Å². The third kappa shape index (κ3) is 3.16. The standard InChI is InChI=1S/C13H21N3O4/c1-13(2)5-10(17)16(11(18)6-13)7-8-3-4-9(20-8)12(19)15-14/h8-9H,3-7,14H2,1-2H3,(H,15,19). The summed E-state index contributed by atoms with van der Waals surface area (Å²) in [6, 6.07) is 0. The first-order valence-electron chi connectivity index (χ1n) is 6.81. The van der Waals surface area contributed by atoms with E-state index in [0.29, 0.717) is 25.7 Å². The molecule has 2 aliphatic heterocycles. The van der Waals surface area contributed by atoms with E-state index in [9.17, 15) is 14.4 Å². The molecule has 7 nitrogen and oxygen atoms in total. The van der Waals surface area contributed by atoms with Gasteiger partial charge in [0.1, 0.15) is 6.10 Å². The van der Waals surface area contributed by atoms with Crippen LogP contribution in [0.15, 0.2) is 0 Å². The zero-order valence-electron chi connectivity index (χ0n) is 11.8. The number of rotatable bonds is 3. The highest BCUT2D eigenvalue weighted by Crippen LogP contribution is 2.32. The Bertz CT molecular complexity index is 415. The predicted octanol–water partition coefficient (Wildman–Crippen LogP) is -0.301. The number of imide groups is 1. The first-order chi connectivity index (χ1) is 9.32. The smallest absolute Gasteiger partial charge is 0.263 e. The summed E-state index contributed by atoms with van der Waals surface area (Å²) in [6.07, 6.45) is 1.03. The number of likely N-dealkylation sites (tertiary alicyclic amines) is 1. The van der Waals surface area contributed by atoms with Crippen LogP contribution in [0.2, 0.25) is 0 Å². The van der Waals surface area contributed by atoms with Gasteiger partial charge in [0.05, 0.1) is 12.6 Å². The van der Waals surface area contributed by atoms with Gasteiger partial charge < -0.3 is 4.74 Å². The Hall–Kier alpha value is -1.47. The highest BCUT2D eigenvalue weighted by molar-refractivity contribution is 5.98. The minimum Gasteiger partial charge on any atom is -0.363 e. The number of hydrogen-bond acceptors (Lipinski definition) is 5. The van der Waals surface area contributed by atoms with E-state index in [-0.39, 0.29) is 35.8 Å². The first kappa shape index (κ1) is 14.9. The molecule has 0 bridgehead atoms. The molecule has 0 aromatic carbocycles. The van der Waals surface area contributed by atoms with E-state index in [4.69, 9.17) is 10.6 Å². The summed E-state index contributed by atoms with van der Waals surface area (Å²) >= 11 is 0. The Morgan fingerprint density at radius 3 is 2.50 bits per heavy atom. The van der Waals surface area contributed by atoms with Gasteiger partial charge in [-0.05, 0) is 18.3 Å². The molecule has 0 aromatic rings.